The number of thioether (sulfide) groups is 1. The summed E-state index contributed by atoms with van der Waals surface area (Å²) < 4.78 is 5.28. The Hall–Kier alpha value is -2.47. The summed E-state index contributed by atoms with van der Waals surface area (Å²) >= 11 is 1.56. The average molecular weight is 314 g/mol. The molecule has 0 atom stereocenters. The van der Waals surface area contributed by atoms with Crippen molar-refractivity contribution >= 4 is 35.0 Å². The molecule has 2 amide bonds. The van der Waals surface area contributed by atoms with Gasteiger partial charge in [-0.15, -0.1) is 11.8 Å². The SMILES string of the molecule is CSc1ccccc1NC(=O)c1ccc2c(c1)NC(=O)CO2. The van der Waals surface area contributed by atoms with E-state index in [0.717, 1.165) is 10.6 Å². The molecule has 0 saturated heterocycles. The number of para-hydroxylation sites is 1. The summed E-state index contributed by atoms with van der Waals surface area (Å²) in [6.07, 6.45) is 1.96. The van der Waals surface area contributed by atoms with Crippen LogP contribution in [0.5, 0.6) is 5.75 Å². The van der Waals surface area contributed by atoms with Crippen LogP contribution in [0.25, 0.3) is 0 Å². The predicted octanol–water partition coefficient (Wildman–Crippen LogP) is 2.99. The third kappa shape index (κ3) is 2.92. The van der Waals surface area contributed by atoms with E-state index >= 15 is 0 Å². The van der Waals surface area contributed by atoms with Gasteiger partial charge in [0.1, 0.15) is 5.75 Å². The highest BCUT2D eigenvalue weighted by Crippen LogP contribution is 2.29. The molecule has 22 heavy (non-hydrogen) atoms. The Labute approximate surface area is 132 Å². The number of hydrogen-bond acceptors (Lipinski definition) is 4. The summed E-state index contributed by atoms with van der Waals surface area (Å²) in [4.78, 5) is 24.7. The van der Waals surface area contributed by atoms with E-state index in [1.165, 1.54) is 0 Å². The van der Waals surface area contributed by atoms with E-state index in [4.69, 9.17) is 4.74 Å². The van der Waals surface area contributed by atoms with Crippen LogP contribution in [0, 0.1) is 0 Å². The zero-order valence-electron chi connectivity index (χ0n) is 11.9. The van der Waals surface area contributed by atoms with Gasteiger partial charge in [-0.2, -0.15) is 0 Å². The van der Waals surface area contributed by atoms with Gasteiger partial charge in [0.2, 0.25) is 0 Å². The first-order valence-corrected chi connectivity index (χ1v) is 7.91. The van der Waals surface area contributed by atoms with Crippen molar-refractivity contribution in [1.82, 2.24) is 0 Å². The van der Waals surface area contributed by atoms with Gasteiger partial charge in [0.25, 0.3) is 11.8 Å². The average Bonchev–Trinajstić information content (AvgIpc) is 2.54. The number of ether oxygens (including phenoxy) is 1. The van der Waals surface area contributed by atoms with Crippen LogP contribution in [-0.2, 0) is 4.79 Å². The van der Waals surface area contributed by atoms with Crippen LogP contribution in [-0.4, -0.2) is 24.7 Å². The van der Waals surface area contributed by atoms with Crippen LogP contribution >= 0.6 is 11.8 Å². The molecule has 0 bridgehead atoms. The zero-order chi connectivity index (χ0) is 15.5. The van der Waals surface area contributed by atoms with Gasteiger partial charge < -0.3 is 15.4 Å². The molecule has 0 saturated carbocycles. The molecule has 3 rings (SSSR count). The zero-order valence-corrected chi connectivity index (χ0v) is 12.7. The molecule has 112 valence electrons. The van der Waals surface area contributed by atoms with E-state index in [1.807, 2.05) is 30.5 Å². The number of anilines is 2. The van der Waals surface area contributed by atoms with Gasteiger partial charge in [-0.05, 0) is 36.6 Å². The quantitative estimate of drug-likeness (QED) is 0.855. The van der Waals surface area contributed by atoms with Crippen molar-refractivity contribution in [3.8, 4) is 5.75 Å². The van der Waals surface area contributed by atoms with Crippen LogP contribution in [0.4, 0.5) is 11.4 Å². The summed E-state index contributed by atoms with van der Waals surface area (Å²) in [6.45, 7) is -0.000356. The molecule has 2 aromatic rings. The Bertz CT molecular complexity index is 746. The van der Waals surface area contributed by atoms with Crippen molar-refractivity contribution in [2.75, 3.05) is 23.5 Å². The number of benzene rings is 2. The highest BCUT2D eigenvalue weighted by atomic mass is 32.2. The first-order chi connectivity index (χ1) is 10.7. The number of rotatable bonds is 3. The molecular formula is C16H14N2O3S. The summed E-state index contributed by atoms with van der Waals surface area (Å²) in [7, 11) is 0. The second-order valence-electron chi connectivity index (χ2n) is 4.70. The van der Waals surface area contributed by atoms with Crippen molar-refractivity contribution < 1.29 is 14.3 Å². The Morgan fingerprint density at radius 1 is 1.27 bits per heavy atom. The lowest BCUT2D eigenvalue weighted by Crippen LogP contribution is -2.25. The number of nitrogens with one attached hydrogen (secondary N) is 2. The first kappa shape index (κ1) is 14.5. The van der Waals surface area contributed by atoms with Gasteiger partial charge in [0, 0.05) is 10.5 Å². The highest BCUT2D eigenvalue weighted by molar-refractivity contribution is 7.98. The van der Waals surface area contributed by atoms with Crippen molar-refractivity contribution in [1.29, 1.82) is 0 Å². The number of carbonyl (C=O) groups is 2. The van der Waals surface area contributed by atoms with Gasteiger partial charge in [-0.25, -0.2) is 0 Å². The Morgan fingerprint density at radius 3 is 2.91 bits per heavy atom. The molecule has 2 aromatic carbocycles. The molecule has 6 heteroatoms. The monoisotopic (exact) mass is 314 g/mol. The molecule has 0 aromatic heterocycles. The first-order valence-electron chi connectivity index (χ1n) is 6.68. The van der Waals surface area contributed by atoms with Crippen LogP contribution in [0.15, 0.2) is 47.4 Å². The number of hydrogen-bond donors (Lipinski definition) is 2. The molecule has 0 unspecified atom stereocenters. The lowest BCUT2D eigenvalue weighted by atomic mass is 10.1. The lowest BCUT2D eigenvalue weighted by Gasteiger charge is -2.18. The van der Waals surface area contributed by atoms with Gasteiger partial charge in [0.05, 0.1) is 11.4 Å². The molecule has 0 fully saturated rings. The normalized spacial score (nSPS) is 12.9. The van der Waals surface area contributed by atoms with Crippen LogP contribution in [0.1, 0.15) is 10.4 Å². The number of amides is 2. The van der Waals surface area contributed by atoms with Gasteiger partial charge in [0.15, 0.2) is 6.61 Å². The summed E-state index contributed by atoms with van der Waals surface area (Å²) in [5.41, 5.74) is 1.74. The van der Waals surface area contributed by atoms with E-state index in [2.05, 4.69) is 10.6 Å². The minimum absolute atomic E-state index is 0.000356. The summed E-state index contributed by atoms with van der Waals surface area (Å²) in [5.74, 6) is 0.113. The topological polar surface area (TPSA) is 67.4 Å². The fourth-order valence-corrected chi connectivity index (χ4v) is 2.72. The Morgan fingerprint density at radius 2 is 2.09 bits per heavy atom. The second-order valence-corrected chi connectivity index (χ2v) is 5.55. The van der Waals surface area contributed by atoms with Crippen LogP contribution in [0.3, 0.4) is 0 Å². The minimum atomic E-state index is -0.232. The van der Waals surface area contributed by atoms with Crippen molar-refractivity contribution in [2.45, 2.75) is 4.90 Å². The van der Waals surface area contributed by atoms with Crippen molar-refractivity contribution in [2.24, 2.45) is 0 Å². The van der Waals surface area contributed by atoms with E-state index in [1.54, 1.807) is 30.0 Å². The summed E-state index contributed by atoms with van der Waals surface area (Å²) in [5, 5.41) is 5.58. The largest absolute Gasteiger partial charge is 0.482 e. The van der Waals surface area contributed by atoms with E-state index in [9.17, 15) is 9.59 Å². The van der Waals surface area contributed by atoms with Crippen LogP contribution in [0.2, 0.25) is 0 Å². The maximum absolute atomic E-state index is 12.4. The van der Waals surface area contributed by atoms with E-state index in [-0.39, 0.29) is 18.4 Å². The number of carbonyl (C=O) groups excluding carboxylic acids is 2. The predicted molar refractivity (Wildman–Crippen MR) is 86.7 cm³/mol. The molecule has 1 aliphatic heterocycles. The standard InChI is InChI=1S/C16H14N2O3S/c1-22-14-5-3-2-4-11(14)18-16(20)10-6-7-13-12(8-10)17-15(19)9-21-13/h2-8H,9H2,1H3,(H,17,19)(H,18,20). The molecule has 1 heterocycles. The fraction of sp³-hybridized carbons (Fsp3) is 0.125. The van der Waals surface area contributed by atoms with Crippen molar-refractivity contribution in [3.63, 3.8) is 0 Å². The third-order valence-corrected chi connectivity index (χ3v) is 4.03. The molecule has 5 nitrogen and oxygen atoms in total. The van der Waals surface area contributed by atoms with Gasteiger partial charge in [-0.3, -0.25) is 9.59 Å². The van der Waals surface area contributed by atoms with Gasteiger partial charge >= 0.3 is 0 Å². The molecule has 0 aliphatic carbocycles. The minimum Gasteiger partial charge on any atom is -0.482 e. The maximum Gasteiger partial charge on any atom is 0.262 e. The maximum atomic E-state index is 12.4. The third-order valence-electron chi connectivity index (χ3n) is 3.23. The van der Waals surface area contributed by atoms with Gasteiger partial charge in [-0.1, -0.05) is 12.1 Å². The van der Waals surface area contributed by atoms with E-state index in [0.29, 0.717) is 17.0 Å². The molecule has 2 N–H and O–H groups in total. The molecule has 1 aliphatic rings. The summed E-state index contributed by atoms with van der Waals surface area (Å²) in [6, 6.07) is 12.6. The number of fused-ring (bicyclic) bond motifs is 1. The molecular weight excluding hydrogens is 300 g/mol. The van der Waals surface area contributed by atoms with Crippen LogP contribution < -0.4 is 15.4 Å². The highest BCUT2D eigenvalue weighted by Gasteiger charge is 2.18. The molecule has 0 spiro atoms. The second kappa shape index (κ2) is 6.11. The lowest BCUT2D eigenvalue weighted by molar-refractivity contribution is -0.118. The Kier molecular flexibility index (Phi) is 4.02. The smallest absolute Gasteiger partial charge is 0.262 e. The molecule has 0 radical (unpaired) electrons. The van der Waals surface area contributed by atoms with E-state index < -0.39 is 0 Å². The van der Waals surface area contributed by atoms with Crippen molar-refractivity contribution in [3.05, 3.63) is 48.0 Å². The fourth-order valence-electron chi connectivity index (χ4n) is 2.17. The Balaban J connectivity index is 1.83.